The Labute approximate surface area is 177 Å². The van der Waals surface area contributed by atoms with Crippen LogP contribution >= 0.6 is 0 Å². The molecule has 3 rings (SSSR count). The largest absolute Gasteiger partial charge is 0.760 e. The number of benzene rings is 2. The van der Waals surface area contributed by atoms with E-state index in [1.165, 1.54) is 31.4 Å². The molecule has 0 aliphatic carbocycles. The molecule has 3 aromatic rings. The second kappa shape index (κ2) is 9.38. The third-order valence-corrected chi connectivity index (χ3v) is 5.06. The molecule has 1 aromatic heterocycles. The van der Waals surface area contributed by atoms with E-state index < -0.39 is 40.1 Å². The maximum Gasteiger partial charge on any atom is 0.253 e. The van der Waals surface area contributed by atoms with E-state index in [4.69, 9.17) is 0 Å². The summed E-state index contributed by atoms with van der Waals surface area (Å²) < 4.78 is 67.1. The lowest BCUT2D eigenvalue weighted by Gasteiger charge is -2.15. The molecule has 0 amide bonds. The summed E-state index contributed by atoms with van der Waals surface area (Å²) in [5, 5.41) is 0. The van der Waals surface area contributed by atoms with Gasteiger partial charge in [0, 0.05) is 53.8 Å². The van der Waals surface area contributed by atoms with Crippen molar-refractivity contribution in [3.05, 3.63) is 93.2 Å². The lowest BCUT2D eigenvalue weighted by Crippen LogP contribution is -2.20. The van der Waals surface area contributed by atoms with E-state index in [0.717, 1.165) is 28.8 Å². The number of aromatic nitrogens is 1. The zero-order chi connectivity index (χ0) is 22.7. The molecule has 1 unspecified atom stereocenters. The topological polar surface area (TPSA) is 91.2 Å². The highest BCUT2D eigenvalue weighted by molar-refractivity contribution is 7.77. The zero-order valence-electron chi connectivity index (χ0n) is 16.2. The number of rotatable bonds is 7. The Morgan fingerprint density at radius 2 is 1.74 bits per heavy atom. The summed E-state index contributed by atoms with van der Waals surface area (Å²) in [5.41, 5.74) is -0.806. The van der Waals surface area contributed by atoms with Gasteiger partial charge in [-0.3, -0.25) is 13.8 Å². The minimum Gasteiger partial charge on any atom is -0.760 e. The minimum absolute atomic E-state index is 0.0158. The molecule has 0 aliphatic heterocycles. The fourth-order valence-corrected chi connectivity index (χ4v) is 3.32. The molecule has 0 fully saturated rings. The van der Waals surface area contributed by atoms with Gasteiger partial charge < -0.3 is 9.12 Å². The molecular formula is C21H16F3N2O4S-. The van der Waals surface area contributed by atoms with Crippen molar-refractivity contribution in [1.29, 1.82) is 0 Å². The Bertz CT molecular complexity index is 1230. The first kappa shape index (κ1) is 22.6. The van der Waals surface area contributed by atoms with Gasteiger partial charge in [0.1, 0.15) is 17.5 Å². The number of halogens is 3. The Balaban J connectivity index is 2.17. The number of nitrogens with zero attached hydrogens (tertiary/aromatic N) is 1. The summed E-state index contributed by atoms with van der Waals surface area (Å²) in [4.78, 5) is 24.7. The summed E-state index contributed by atoms with van der Waals surface area (Å²) in [6, 6.07) is 7.49. The first-order chi connectivity index (χ1) is 14.7. The van der Waals surface area contributed by atoms with Crippen LogP contribution in [0.5, 0.6) is 0 Å². The molecule has 0 aliphatic rings. The monoisotopic (exact) mass is 449 g/mol. The number of pyridine rings is 1. The molecule has 0 radical (unpaired) electrons. The Morgan fingerprint density at radius 3 is 2.39 bits per heavy atom. The lowest BCUT2D eigenvalue weighted by atomic mass is 9.91. The Hall–Kier alpha value is -3.08. The second-order valence-corrected chi connectivity index (χ2v) is 7.45. The van der Waals surface area contributed by atoms with E-state index in [0.29, 0.717) is 0 Å². The quantitative estimate of drug-likeness (QED) is 0.444. The van der Waals surface area contributed by atoms with E-state index in [1.54, 1.807) is 0 Å². The fraction of sp³-hybridized carbons (Fsp3) is 0.143. The van der Waals surface area contributed by atoms with Crippen molar-refractivity contribution in [2.75, 3.05) is 6.54 Å². The Morgan fingerprint density at radius 1 is 1.06 bits per heavy atom. The highest BCUT2D eigenvalue weighted by Gasteiger charge is 2.21. The van der Waals surface area contributed by atoms with Crippen LogP contribution < -0.4 is 10.3 Å². The van der Waals surface area contributed by atoms with Crippen LogP contribution in [0.3, 0.4) is 0 Å². The Kier molecular flexibility index (Phi) is 6.84. The van der Waals surface area contributed by atoms with E-state index >= 15 is 0 Å². The van der Waals surface area contributed by atoms with Gasteiger partial charge in [0.15, 0.2) is 5.78 Å². The fourth-order valence-electron chi connectivity index (χ4n) is 3.05. The average Bonchev–Trinajstić information content (AvgIpc) is 2.71. The van der Waals surface area contributed by atoms with Crippen LogP contribution in [0.25, 0.3) is 11.1 Å². The predicted molar refractivity (Wildman–Crippen MR) is 107 cm³/mol. The van der Waals surface area contributed by atoms with Gasteiger partial charge in [0.05, 0.1) is 0 Å². The van der Waals surface area contributed by atoms with Crippen molar-refractivity contribution in [2.45, 2.75) is 6.42 Å². The molecule has 0 saturated heterocycles. The van der Waals surface area contributed by atoms with Crippen LogP contribution in [-0.2, 0) is 24.7 Å². The van der Waals surface area contributed by atoms with Gasteiger partial charge >= 0.3 is 0 Å². The summed E-state index contributed by atoms with van der Waals surface area (Å²) in [7, 11) is 1.39. The minimum atomic E-state index is -2.54. The molecule has 1 heterocycles. The molecule has 0 bridgehead atoms. The van der Waals surface area contributed by atoms with Gasteiger partial charge in [-0.05, 0) is 53.9 Å². The van der Waals surface area contributed by atoms with E-state index in [1.807, 2.05) is 0 Å². The van der Waals surface area contributed by atoms with Gasteiger partial charge in [-0.25, -0.2) is 17.9 Å². The predicted octanol–water partition coefficient (Wildman–Crippen LogP) is 2.63. The van der Waals surface area contributed by atoms with Gasteiger partial charge in [0.25, 0.3) is 5.56 Å². The first-order valence-corrected chi connectivity index (χ1v) is 10.1. The van der Waals surface area contributed by atoms with Gasteiger partial charge in [-0.1, -0.05) is 0 Å². The number of aryl methyl sites for hydroxylation is 1. The molecule has 162 valence electrons. The first-order valence-electron chi connectivity index (χ1n) is 8.99. The highest BCUT2D eigenvalue weighted by atomic mass is 32.2. The molecular weight excluding hydrogens is 433 g/mol. The van der Waals surface area contributed by atoms with Crippen LogP contribution in [0.4, 0.5) is 13.2 Å². The van der Waals surface area contributed by atoms with Crippen molar-refractivity contribution in [3.8, 4) is 11.1 Å². The maximum absolute atomic E-state index is 14.7. The van der Waals surface area contributed by atoms with Crippen LogP contribution in [0.2, 0.25) is 0 Å². The molecule has 0 spiro atoms. The van der Waals surface area contributed by atoms with Crippen molar-refractivity contribution in [2.24, 2.45) is 7.05 Å². The van der Waals surface area contributed by atoms with Crippen LogP contribution in [0.15, 0.2) is 53.5 Å². The van der Waals surface area contributed by atoms with Crippen molar-refractivity contribution < 1.29 is 26.7 Å². The number of hydrogen-bond donors (Lipinski definition) is 1. The third kappa shape index (κ3) is 5.16. The molecule has 0 saturated carbocycles. The molecule has 2 aromatic carbocycles. The van der Waals surface area contributed by atoms with Crippen molar-refractivity contribution in [3.63, 3.8) is 0 Å². The molecule has 31 heavy (non-hydrogen) atoms. The molecule has 10 heteroatoms. The molecule has 1 atom stereocenters. The normalized spacial score (nSPS) is 12.0. The van der Waals surface area contributed by atoms with E-state index in [2.05, 4.69) is 4.72 Å². The van der Waals surface area contributed by atoms with Crippen molar-refractivity contribution in [1.82, 2.24) is 9.29 Å². The number of carbonyl (C=O) groups is 1. The van der Waals surface area contributed by atoms with Gasteiger partial charge in [-0.2, -0.15) is 0 Å². The van der Waals surface area contributed by atoms with E-state index in [9.17, 15) is 31.5 Å². The summed E-state index contributed by atoms with van der Waals surface area (Å²) in [6.45, 7) is -0.118. The lowest BCUT2D eigenvalue weighted by molar-refractivity contribution is 0.103. The van der Waals surface area contributed by atoms with Gasteiger partial charge in [-0.15, -0.1) is 0 Å². The average molecular weight is 449 g/mol. The maximum atomic E-state index is 14.7. The third-order valence-electron chi connectivity index (χ3n) is 4.62. The molecule has 6 nitrogen and oxygen atoms in total. The van der Waals surface area contributed by atoms with Crippen LogP contribution in [0.1, 0.15) is 21.5 Å². The van der Waals surface area contributed by atoms with Crippen LogP contribution in [-0.4, -0.2) is 25.7 Å². The van der Waals surface area contributed by atoms with E-state index in [-0.39, 0.29) is 40.8 Å². The molecule has 1 N–H and O–H groups in total. The number of hydrogen-bond acceptors (Lipinski definition) is 4. The van der Waals surface area contributed by atoms with Gasteiger partial charge in [0.2, 0.25) is 0 Å². The SMILES string of the molecule is Cn1cc(-c2cc(CCNS(=O)[O-])c(F)cc2C(=O)c2ccc(F)cc2)c(F)cc1=O. The number of ketones is 1. The summed E-state index contributed by atoms with van der Waals surface area (Å²) in [6.07, 6.45) is 1.12. The number of carbonyl (C=O) groups excluding carboxylic acids is 1. The van der Waals surface area contributed by atoms with Crippen LogP contribution in [0, 0.1) is 17.5 Å². The van der Waals surface area contributed by atoms with Crippen molar-refractivity contribution >= 4 is 17.0 Å². The summed E-state index contributed by atoms with van der Waals surface area (Å²) >= 11 is -2.54. The number of nitrogens with one attached hydrogen (secondary N) is 1. The zero-order valence-corrected chi connectivity index (χ0v) is 17.0. The highest BCUT2D eigenvalue weighted by Crippen LogP contribution is 2.30. The summed E-state index contributed by atoms with van der Waals surface area (Å²) in [5.74, 6) is -2.94. The standard InChI is InChI=1S/C21H17F3N2O4S/c1-26-11-17(19(24)10-20(26)27)15-8-13(6-7-25-31(29)30)18(23)9-16(15)21(28)12-2-4-14(22)5-3-12/h2-5,8-11,25H,6-7H2,1H3,(H,29,30)/p-1. The second-order valence-electron chi connectivity index (χ2n) is 6.69. The smallest absolute Gasteiger partial charge is 0.253 e.